The van der Waals surface area contributed by atoms with Crippen LogP contribution in [-0.2, 0) is 11.3 Å². The van der Waals surface area contributed by atoms with Gasteiger partial charge in [-0.15, -0.1) is 0 Å². The van der Waals surface area contributed by atoms with E-state index in [0.717, 1.165) is 12.8 Å². The molecule has 0 aromatic carbocycles. The van der Waals surface area contributed by atoms with Gasteiger partial charge in [0.25, 0.3) is 5.56 Å². The number of hydrogen-bond acceptors (Lipinski definition) is 5. The fraction of sp³-hybridized carbons (Fsp3) is 0.667. The number of hydrogen-bond donors (Lipinski definition) is 2. The third kappa shape index (κ3) is 3.34. The van der Waals surface area contributed by atoms with Gasteiger partial charge in [-0.25, -0.2) is 4.68 Å². The van der Waals surface area contributed by atoms with Crippen molar-refractivity contribution in [1.29, 1.82) is 0 Å². The molecule has 3 N–H and O–H groups in total. The summed E-state index contributed by atoms with van der Waals surface area (Å²) in [4.78, 5) is 12.0. The van der Waals surface area contributed by atoms with E-state index in [1.807, 2.05) is 0 Å². The van der Waals surface area contributed by atoms with Gasteiger partial charge >= 0.3 is 0 Å². The molecule has 0 unspecified atom stereocenters. The van der Waals surface area contributed by atoms with Gasteiger partial charge in [-0.3, -0.25) is 4.79 Å². The lowest BCUT2D eigenvalue weighted by molar-refractivity contribution is 0.181. The topological polar surface area (TPSA) is 82.2 Å². The minimum absolute atomic E-state index is 0.135. The zero-order valence-corrected chi connectivity index (χ0v) is 12.6. The average molecular weight is 331 g/mol. The Labute approximate surface area is 120 Å². The smallest absolute Gasteiger partial charge is 0.283 e. The lowest BCUT2D eigenvalue weighted by Crippen LogP contribution is -2.52. The van der Waals surface area contributed by atoms with Crippen molar-refractivity contribution in [3.8, 4) is 0 Å². The highest BCUT2D eigenvalue weighted by Gasteiger charge is 2.32. The van der Waals surface area contributed by atoms with Crippen molar-refractivity contribution >= 4 is 21.6 Å². The maximum Gasteiger partial charge on any atom is 0.283 e. The Balaban J connectivity index is 2.05. The summed E-state index contributed by atoms with van der Waals surface area (Å²) in [5.41, 5.74) is 6.53. The van der Waals surface area contributed by atoms with Gasteiger partial charge in [0, 0.05) is 19.2 Å². The van der Waals surface area contributed by atoms with E-state index in [-0.39, 0.29) is 11.1 Å². The van der Waals surface area contributed by atoms with Gasteiger partial charge in [-0.1, -0.05) is 0 Å². The fourth-order valence-electron chi connectivity index (χ4n) is 2.00. The molecule has 0 amide bonds. The molecule has 0 saturated heterocycles. The number of anilines is 1. The van der Waals surface area contributed by atoms with Crippen LogP contribution in [0.5, 0.6) is 0 Å². The summed E-state index contributed by atoms with van der Waals surface area (Å²) in [6, 6.07) is 0. The molecule has 0 atom stereocenters. The van der Waals surface area contributed by atoms with Crippen molar-refractivity contribution < 1.29 is 4.74 Å². The summed E-state index contributed by atoms with van der Waals surface area (Å²) in [7, 11) is 1.59. The maximum absolute atomic E-state index is 12.0. The summed E-state index contributed by atoms with van der Waals surface area (Å²) in [6.45, 7) is 1.56. The predicted molar refractivity (Wildman–Crippen MR) is 77.3 cm³/mol. The van der Waals surface area contributed by atoms with Crippen LogP contribution >= 0.6 is 15.9 Å². The molecule has 7 heteroatoms. The zero-order valence-electron chi connectivity index (χ0n) is 11.0. The fourth-order valence-corrected chi connectivity index (χ4v) is 2.45. The highest BCUT2D eigenvalue weighted by molar-refractivity contribution is 9.10. The van der Waals surface area contributed by atoms with Crippen LogP contribution in [0.3, 0.4) is 0 Å². The third-order valence-electron chi connectivity index (χ3n) is 3.47. The Bertz CT molecular complexity index is 499. The number of rotatable bonds is 6. The quantitative estimate of drug-likeness (QED) is 0.811. The molecular formula is C12H19BrN4O2. The van der Waals surface area contributed by atoms with Crippen LogP contribution in [0.15, 0.2) is 15.5 Å². The number of nitrogens with one attached hydrogen (secondary N) is 1. The molecule has 0 radical (unpaired) electrons. The highest BCUT2D eigenvalue weighted by atomic mass is 79.9. The van der Waals surface area contributed by atoms with Gasteiger partial charge in [0.15, 0.2) is 0 Å². The van der Waals surface area contributed by atoms with Crippen molar-refractivity contribution in [3.05, 3.63) is 21.0 Å². The van der Waals surface area contributed by atoms with Crippen molar-refractivity contribution in [3.63, 3.8) is 0 Å². The molecule has 1 saturated carbocycles. The number of nitrogens with zero attached hydrogens (tertiary/aromatic N) is 2. The van der Waals surface area contributed by atoms with E-state index in [2.05, 4.69) is 26.3 Å². The summed E-state index contributed by atoms with van der Waals surface area (Å²) in [5, 5.41) is 7.31. The van der Waals surface area contributed by atoms with E-state index >= 15 is 0 Å². The first-order chi connectivity index (χ1) is 9.06. The van der Waals surface area contributed by atoms with Crippen LogP contribution in [0.2, 0.25) is 0 Å². The van der Waals surface area contributed by atoms with Crippen molar-refractivity contribution in [1.82, 2.24) is 9.78 Å². The molecule has 1 heterocycles. The Kier molecular flexibility index (Phi) is 4.59. The number of methoxy groups -OCH3 is 1. The molecular weight excluding hydrogens is 312 g/mol. The van der Waals surface area contributed by atoms with Gasteiger partial charge in [0.1, 0.15) is 4.47 Å². The van der Waals surface area contributed by atoms with Crippen molar-refractivity contribution in [2.75, 3.05) is 25.6 Å². The predicted octanol–water partition coefficient (Wildman–Crippen LogP) is 0.945. The van der Waals surface area contributed by atoms with Crippen molar-refractivity contribution in [2.24, 2.45) is 5.73 Å². The summed E-state index contributed by atoms with van der Waals surface area (Å²) in [5.74, 6) is 0. The van der Waals surface area contributed by atoms with Crippen LogP contribution in [0.4, 0.5) is 5.69 Å². The van der Waals surface area contributed by atoms with Crippen molar-refractivity contribution in [2.45, 2.75) is 31.3 Å². The highest BCUT2D eigenvalue weighted by Crippen LogP contribution is 2.29. The van der Waals surface area contributed by atoms with E-state index in [9.17, 15) is 4.79 Å². The summed E-state index contributed by atoms with van der Waals surface area (Å²) >= 11 is 3.31. The molecule has 106 valence electrons. The minimum Gasteiger partial charge on any atom is -0.383 e. The first-order valence-corrected chi connectivity index (χ1v) is 7.12. The van der Waals surface area contributed by atoms with Gasteiger partial charge in [0.2, 0.25) is 0 Å². The third-order valence-corrected chi connectivity index (χ3v) is 4.24. The number of halogens is 1. The van der Waals surface area contributed by atoms with Crippen LogP contribution in [0.1, 0.15) is 19.3 Å². The zero-order chi connectivity index (χ0) is 13.9. The molecule has 19 heavy (non-hydrogen) atoms. The van der Waals surface area contributed by atoms with Gasteiger partial charge in [-0.2, -0.15) is 5.10 Å². The lowest BCUT2D eigenvalue weighted by Gasteiger charge is -2.38. The monoisotopic (exact) mass is 330 g/mol. The normalized spacial score (nSPS) is 17.0. The second-order valence-corrected chi connectivity index (χ2v) is 5.76. The van der Waals surface area contributed by atoms with E-state index in [1.165, 1.54) is 11.1 Å². The van der Waals surface area contributed by atoms with Crippen LogP contribution in [0.25, 0.3) is 0 Å². The summed E-state index contributed by atoms with van der Waals surface area (Å²) < 4.78 is 6.80. The molecule has 1 aliphatic rings. The summed E-state index contributed by atoms with van der Waals surface area (Å²) in [6.07, 6.45) is 4.87. The largest absolute Gasteiger partial charge is 0.383 e. The molecule has 1 aliphatic carbocycles. The second-order valence-electron chi connectivity index (χ2n) is 4.96. The Morgan fingerprint density at radius 3 is 2.95 bits per heavy atom. The first-order valence-electron chi connectivity index (χ1n) is 6.33. The molecule has 2 rings (SSSR count). The molecule has 1 fully saturated rings. The molecule has 1 aromatic heterocycles. The van der Waals surface area contributed by atoms with Crippen LogP contribution in [-0.4, -0.2) is 35.6 Å². The van der Waals surface area contributed by atoms with Gasteiger partial charge < -0.3 is 15.8 Å². The van der Waals surface area contributed by atoms with Crippen LogP contribution < -0.4 is 16.6 Å². The first kappa shape index (κ1) is 14.5. The second kappa shape index (κ2) is 6.02. The molecule has 0 aliphatic heterocycles. The van der Waals surface area contributed by atoms with Crippen LogP contribution in [0, 0.1) is 0 Å². The Morgan fingerprint density at radius 2 is 2.37 bits per heavy atom. The number of aromatic nitrogens is 2. The average Bonchev–Trinajstić information content (AvgIpc) is 2.37. The van der Waals surface area contributed by atoms with E-state index < -0.39 is 0 Å². The van der Waals surface area contributed by atoms with Gasteiger partial charge in [0.05, 0.1) is 25.0 Å². The SMILES string of the molecule is COCCn1ncc(NCC2(N)CCC2)c(Br)c1=O. The lowest BCUT2D eigenvalue weighted by atomic mass is 9.78. The van der Waals surface area contributed by atoms with E-state index in [1.54, 1.807) is 13.3 Å². The number of nitrogens with two attached hydrogens (primary N) is 1. The Morgan fingerprint density at radius 1 is 1.63 bits per heavy atom. The van der Waals surface area contributed by atoms with E-state index in [4.69, 9.17) is 10.5 Å². The number of ether oxygens (including phenoxy) is 1. The Hall–Kier alpha value is -0.920. The standard InChI is InChI=1S/C12H19BrN4O2/c1-19-6-5-17-11(18)10(13)9(7-16-17)15-8-12(14)3-2-4-12/h7,15H,2-6,8,14H2,1H3. The molecule has 6 nitrogen and oxygen atoms in total. The molecule has 0 bridgehead atoms. The minimum atomic E-state index is -0.165. The van der Waals surface area contributed by atoms with Gasteiger partial charge in [-0.05, 0) is 35.2 Å². The van der Waals surface area contributed by atoms with E-state index in [0.29, 0.717) is 29.9 Å². The molecule has 0 spiro atoms. The maximum atomic E-state index is 12.0. The molecule has 1 aromatic rings.